The number of nitriles is 1. The Morgan fingerprint density at radius 2 is 2.20 bits per heavy atom. The van der Waals surface area contributed by atoms with E-state index in [2.05, 4.69) is 22.0 Å². The lowest BCUT2D eigenvalue weighted by molar-refractivity contribution is 0.413. The first-order valence-corrected chi connectivity index (χ1v) is 5.65. The summed E-state index contributed by atoms with van der Waals surface area (Å²) in [7, 11) is 0. The van der Waals surface area contributed by atoms with Gasteiger partial charge in [0.1, 0.15) is 5.82 Å². The molecule has 0 radical (unpaired) electrons. The van der Waals surface area contributed by atoms with Gasteiger partial charge >= 0.3 is 0 Å². The van der Waals surface area contributed by atoms with E-state index in [9.17, 15) is 4.39 Å². The molecule has 1 rings (SSSR count). The molecule has 0 aliphatic carbocycles. The van der Waals surface area contributed by atoms with E-state index >= 15 is 0 Å². The molecule has 80 valence electrons. The van der Waals surface area contributed by atoms with Crippen molar-refractivity contribution in [2.75, 3.05) is 0 Å². The summed E-state index contributed by atoms with van der Waals surface area (Å²) in [4.78, 5) is 0. The fraction of sp³-hybridized carbons (Fsp3) is 0.417. The van der Waals surface area contributed by atoms with Crippen LogP contribution in [0.4, 0.5) is 4.39 Å². The van der Waals surface area contributed by atoms with Crippen LogP contribution in [0.3, 0.4) is 0 Å². The molecule has 0 aliphatic rings. The van der Waals surface area contributed by atoms with Crippen molar-refractivity contribution in [2.45, 2.75) is 26.7 Å². The first-order valence-electron chi connectivity index (χ1n) is 4.86. The summed E-state index contributed by atoms with van der Waals surface area (Å²) in [5, 5.41) is 9.02. The number of halogens is 2. The van der Waals surface area contributed by atoms with Gasteiger partial charge in [0.05, 0.1) is 11.5 Å². The summed E-state index contributed by atoms with van der Waals surface area (Å²) in [6.07, 6.45) is 1.17. The summed E-state index contributed by atoms with van der Waals surface area (Å²) < 4.78 is 14.3. The van der Waals surface area contributed by atoms with Gasteiger partial charge in [-0.2, -0.15) is 5.26 Å². The predicted molar refractivity (Wildman–Crippen MR) is 61.8 cm³/mol. The Labute approximate surface area is 98.0 Å². The minimum atomic E-state index is -0.484. The zero-order valence-electron chi connectivity index (χ0n) is 8.85. The molecule has 0 heterocycles. The molecule has 1 unspecified atom stereocenters. The molecule has 0 fully saturated rings. The second-order valence-electron chi connectivity index (χ2n) is 3.94. The van der Waals surface area contributed by atoms with Gasteiger partial charge in [-0.15, -0.1) is 0 Å². The SMILES string of the molecule is CCC(C)(C#N)Cc1cc(Br)ccc1F. The average Bonchev–Trinajstić information content (AvgIpc) is 2.23. The molecule has 1 aromatic rings. The van der Waals surface area contributed by atoms with E-state index in [0.29, 0.717) is 12.0 Å². The summed E-state index contributed by atoms with van der Waals surface area (Å²) >= 11 is 3.30. The summed E-state index contributed by atoms with van der Waals surface area (Å²) in [5.41, 5.74) is 0.108. The Hall–Kier alpha value is -0.880. The van der Waals surface area contributed by atoms with Crippen molar-refractivity contribution in [3.8, 4) is 6.07 Å². The van der Waals surface area contributed by atoms with Gasteiger partial charge in [-0.05, 0) is 43.5 Å². The topological polar surface area (TPSA) is 23.8 Å². The lowest BCUT2D eigenvalue weighted by Crippen LogP contribution is -2.16. The highest BCUT2D eigenvalue weighted by molar-refractivity contribution is 9.10. The summed E-state index contributed by atoms with van der Waals surface area (Å²) in [5.74, 6) is -0.242. The molecular formula is C12H13BrFN. The van der Waals surface area contributed by atoms with Crippen LogP contribution in [0.15, 0.2) is 22.7 Å². The fourth-order valence-corrected chi connectivity index (χ4v) is 1.75. The van der Waals surface area contributed by atoms with Crippen LogP contribution in [0, 0.1) is 22.6 Å². The Morgan fingerprint density at radius 1 is 1.53 bits per heavy atom. The number of nitrogens with zero attached hydrogens (tertiary/aromatic N) is 1. The van der Waals surface area contributed by atoms with Crippen molar-refractivity contribution >= 4 is 15.9 Å². The van der Waals surface area contributed by atoms with Gasteiger partial charge in [0.2, 0.25) is 0 Å². The third-order valence-corrected chi connectivity index (χ3v) is 3.13. The van der Waals surface area contributed by atoms with Crippen molar-refractivity contribution < 1.29 is 4.39 Å². The molecule has 0 saturated carbocycles. The zero-order chi connectivity index (χ0) is 11.5. The first-order chi connectivity index (χ1) is 7.00. The molecule has 0 saturated heterocycles. The van der Waals surface area contributed by atoms with Crippen LogP contribution in [0.1, 0.15) is 25.8 Å². The first kappa shape index (κ1) is 12.2. The predicted octanol–water partition coefficient (Wildman–Crippen LogP) is 4.07. The number of benzene rings is 1. The van der Waals surface area contributed by atoms with Crippen LogP contribution in [0.2, 0.25) is 0 Å². The highest BCUT2D eigenvalue weighted by Gasteiger charge is 2.23. The molecule has 0 amide bonds. The zero-order valence-corrected chi connectivity index (χ0v) is 10.4. The molecule has 0 spiro atoms. The van der Waals surface area contributed by atoms with Gasteiger partial charge in [-0.25, -0.2) is 4.39 Å². The van der Waals surface area contributed by atoms with Crippen molar-refractivity contribution in [3.63, 3.8) is 0 Å². The van der Waals surface area contributed by atoms with Crippen molar-refractivity contribution in [1.29, 1.82) is 5.26 Å². The molecule has 0 bridgehead atoms. The monoisotopic (exact) mass is 269 g/mol. The number of rotatable bonds is 3. The minimum absolute atomic E-state index is 0.242. The van der Waals surface area contributed by atoms with E-state index in [4.69, 9.17) is 5.26 Å². The Morgan fingerprint density at radius 3 is 2.73 bits per heavy atom. The Balaban J connectivity index is 2.99. The third-order valence-electron chi connectivity index (χ3n) is 2.64. The van der Waals surface area contributed by atoms with Crippen LogP contribution >= 0.6 is 15.9 Å². The van der Waals surface area contributed by atoms with Gasteiger partial charge in [0.25, 0.3) is 0 Å². The van der Waals surface area contributed by atoms with Crippen LogP contribution in [-0.4, -0.2) is 0 Å². The van der Waals surface area contributed by atoms with E-state index in [1.165, 1.54) is 6.07 Å². The molecule has 0 aliphatic heterocycles. The van der Waals surface area contributed by atoms with E-state index in [0.717, 1.165) is 10.9 Å². The van der Waals surface area contributed by atoms with E-state index in [1.807, 2.05) is 13.8 Å². The quantitative estimate of drug-likeness (QED) is 0.812. The molecule has 1 aromatic carbocycles. The van der Waals surface area contributed by atoms with Crippen molar-refractivity contribution in [3.05, 3.63) is 34.1 Å². The van der Waals surface area contributed by atoms with Gasteiger partial charge in [-0.1, -0.05) is 22.9 Å². The van der Waals surface area contributed by atoms with Gasteiger partial charge < -0.3 is 0 Å². The summed E-state index contributed by atoms with van der Waals surface area (Å²) in [6, 6.07) is 7.06. The van der Waals surface area contributed by atoms with Crippen molar-refractivity contribution in [2.24, 2.45) is 5.41 Å². The highest BCUT2D eigenvalue weighted by atomic mass is 79.9. The molecule has 1 nitrogen and oxygen atoms in total. The van der Waals surface area contributed by atoms with Crippen molar-refractivity contribution in [1.82, 2.24) is 0 Å². The van der Waals surface area contributed by atoms with Gasteiger partial charge in [0.15, 0.2) is 0 Å². The van der Waals surface area contributed by atoms with Crippen LogP contribution in [-0.2, 0) is 6.42 Å². The van der Waals surface area contributed by atoms with Crippen LogP contribution in [0.25, 0.3) is 0 Å². The maximum atomic E-state index is 13.4. The molecule has 0 N–H and O–H groups in total. The number of hydrogen-bond acceptors (Lipinski definition) is 1. The second kappa shape index (κ2) is 4.76. The van der Waals surface area contributed by atoms with Crippen LogP contribution in [0.5, 0.6) is 0 Å². The standard InChI is InChI=1S/C12H13BrFN/c1-3-12(2,8-15)7-9-6-10(13)4-5-11(9)14/h4-6H,3,7H2,1-2H3. The van der Waals surface area contributed by atoms with Crippen LogP contribution < -0.4 is 0 Å². The maximum Gasteiger partial charge on any atom is 0.126 e. The fourth-order valence-electron chi connectivity index (χ4n) is 1.34. The van der Waals surface area contributed by atoms with Gasteiger partial charge in [0, 0.05) is 4.47 Å². The number of hydrogen-bond donors (Lipinski definition) is 0. The molecular weight excluding hydrogens is 257 g/mol. The Bertz CT molecular complexity index is 397. The van der Waals surface area contributed by atoms with E-state index < -0.39 is 5.41 Å². The molecule has 0 aromatic heterocycles. The summed E-state index contributed by atoms with van der Waals surface area (Å²) in [6.45, 7) is 3.80. The second-order valence-corrected chi connectivity index (χ2v) is 4.85. The molecule has 15 heavy (non-hydrogen) atoms. The normalized spacial score (nSPS) is 14.3. The maximum absolute atomic E-state index is 13.4. The lowest BCUT2D eigenvalue weighted by Gasteiger charge is -2.19. The largest absolute Gasteiger partial charge is 0.207 e. The average molecular weight is 270 g/mol. The molecule has 3 heteroatoms. The lowest BCUT2D eigenvalue weighted by atomic mass is 9.83. The minimum Gasteiger partial charge on any atom is -0.207 e. The molecule has 1 atom stereocenters. The van der Waals surface area contributed by atoms with E-state index in [-0.39, 0.29) is 5.82 Å². The highest BCUT2D eigenvalue weighted by Crippen LogP contribution is 2.28. The van der Waals surface area contributed by atoms with E-state index in [1.54, 1.807) is 12.1 Å². The smallest absolute Gasteiger partial charge is 0.126 e. The Kier molecular flexibility index (Phi) is 3.87. The third kappa shape index (κ3) is 3.04. The van der Waals surface area contributed by atoms with Gasteiger partial charge in [-0.3, -0.25) is 0 Å².